The van der Waals surface area contributed by atoms with Crippen molar-refractivity contribution in [1.29, 1.82) is 0 Å². The van der Waals surface area contributed by atoms with Gasteiger partial charge in [0.15, 0.2) is 0 Å². The van der Waals surface area contributed by atoms with E-state index in [-0.39, 0.29) is 4.90 Å². The molecule has 2 aromatic rings. The van der Waals surface area contributed by atoms with Gasteiger partial charge in [0, 0.05) is 0 Å². The maximum absolute atomic E-state index is 11.4. The molecule has 0 fully saturated rings. The Kier molecular flexibility index (Phi) is 4.13. The van der Waals surface area contributed by atoms with Crippen LogP contribution >= 0.6 is 0 Å². The molecule has 0 aliphatic heterocycles. The first-order chi connectivity index (χ1) is 10.9. The zero-order chi connectivity index (χ0) is 16.6. The molecule has 0 atom stereocenters. The molecule has 0 radical (unpaired) electrons. The Balaban J connectivity index is 2.06. The highest BCUT2D eigenvalue weighted by molar-refractivity contribution is 7.89. The molecule has 120 valence electrons. The van der Waals surface area contributed by atoms with Crippen LogP contribution in [-0.2, 0) is 10.0 Å². The Morgan fingerprint density at radius 1 is 0.913 bits per heavy atom. The molecule has 1 aliphatic carbocycles. The van der Waals surface area contributed by atoms with Crippen LogP contribution < -0.4 is 5.14 Å². The van der Waals surface area contributed by atoms with Gasteiger partial charge in [-0.1, -0.05) is 35.9 Å². The summed E-state index contributed by atoms with van der Waals surface area (Å²) in [6.07, 6.45) is 3.22. The van der Waals surface area contributed by atoms with E-state index in [1.54, 1.807) is 12.1 Å². The normalized spacial score (nSPS) is 15.3. The first-order valence-corrected chi connectivity index (χ1v) is 9.34. The SMILES string of the molecule is Cc1ccc(C2=C(c3ccc(S(N)(=O)=O)cc3)CCC2)c(C)c1. The lowest BCUT2D eigenvalue weighted by Gasteiger charge is -2.12. The van der Waals surface area contributed by atoms with Gasteiger partial charge in [-0.3, -0.25) is 0 Å². The van der Waals surface area contributed by atoms with Gasteiger partial charge in [0.1, 0.15) is 0 Å². The zero-order valence-electron chi connectivity index (χ0n) is 13.5. The Hall–Kier alpha value is -1.91. The fraction of sp³-hybridized carbons (Fsp3) is 0.263. The standard InChI is InChI=1S/C19H21NO2S/c1-13-6-11-17(14(2)12-13)19-5-3-4-18(19)15-7-9-16(10-8-15)23(20,21)22/h6-12H,3-5H2,1-2H3,(H2,20,21,22). The summed E-state index contributed by atoms with van der Waals surface area (Å²) in [6, 6.07) is 13.5. The Bertz CT molecular complexity index is 878. The van der Waals surface area contributed by atoms with Crippen molar-refractivity contribution in [2.75, 3.05) is 0 Å². The van der Waals surface area contributed by atoms with Gasteiger partial charge in [-0.15, -0.1) is 0 Å². The van der Waals surface area contributed by atoms with Crippen LogP contribution in [0.25, 0.3) is 11.1 Å². The van der Waals surface area contributed by atoms with Gasteiger partial charge in [-0.25, -0.2) is 13.6 Å². The number of hydrogen-bond acceptors (Lipinski definition) is 2. The third-order valence-corrected chi connectivity index (χ3v) is 5.39. The van der Waals surface area contributed by atoms with E-state index in [9.17, 15) is 8.42 Å². The summed E-state index contributed by atoms with van der Waals surface area (Å²) in [7, 11) is -3.64. The topological polar surface area (TPSA) is 60.2 Å². The summed E-state index contributed by atoms with van der Waals surface area (Å²) in [4.78, 5) is 0.160. The first kappa shape index (κ1) is 16.0. The zero-order valence-corrected chi connectivity index (χ0v) is 14.3. The van der Waals surface area contributed by atoms with E-state index in [1.807, 2.05) is 12.1 Å². The van der Waals surface area contributed by atoms with Gasteiger partial charge in [0.2, 0.25) is 10.0 Å². The molecule has 2 aromatic carbocycles. The Morgan fingerprint density at radius 3 is 2.17 bits per heavy atom. The van der Waals surface area contributed by atoms with E-state index in [2.05, 4.69) is 32.0 Å². The number of allylic oxidation sites excluding steroid dienone is 2. The van der Waals surface area contributed by atoms with Crippen molar-refractivity contribution >= 4 is 21.2 Å². The van der Waals surface area contributed by atoms with Crippen molar-refractivity contribution in [3.05, 3.63) is 64.7 Å². The molecule has 0 saturated carbocycles. The van der Waals surface area contributed by atoms with Gasteiger partial charge >= 0.3 is 0 Å². The number of aryl methyl sites for hydroxylation is 2. The van der Waals surface area contributed by atoms with Gasteiger partial charge < -0.3 is 0 Å². The number of hydrogen-bond donors (Lipinski definition) is 1. The van der Waals surface area contributed by atoms with Gasteiger partial charge in [0.05, 0.1) is 4.90 Å². The molecule has 0 aromatic heterocycles. The highest BCUT2D eigenvalue weighted by atomic mass is 32.2. The molecular weight excluding hydrogens is 306 g/mol. The van der Waals surface area contributed by atoms with E-state index in [4.69, 9.17) is 5.14 Å². The summed E-state index contributed by atoms with van der Waals surface area (Å²) >= 11 is 0. The van der Waals surface area contributed by atoms with Gasteiger partial charge in [0.25, 0.3) is 0 Å². The van der Waals surface area contributed by atoms with E-state index in [1.165, 1.54) is 27.8 Å². The van der Waals surface area contributed by atoms with Crippen LogP contribution in [0, 0.1) is 13.8 Å². The monoisotopic (exact) mass is 327 g/mol. The number of benzene rings is 2. The molecule has 4 heteroatoms. The smallest absolute Gasteiger partial charge is 0.225 e. The van der Waals surface area contributed by atoms with Crippen LogP contribution in [0.3, 0.4) is 0 Å². The highest BCUT2D eigenvalue weighted by Gasteiger charge is 2.19. The molecule has 0 unspecified atom stereocenters. The van der Waals surface area contributed by atoms with Crippen LogP contribution in [0.1, 0.15) is 41.5 Å². The Morgan fingerprint density at radius 2 is 1.57 bits per heavy atom. The summed E-state index contributed by atoms with van der Waals surface area (Å²) in [5.74, 6) is 0. The number of nitrogens with two attached hydrogens (primary N) is 1. The second kappa shape index (κ2) is 5.95. The molecular formula is C19H21NO2S. The van der Waals surface area contributed by atoms with E-state index in [0.717, 1.165) is 24.8 Å². The molecule has 0 bridgehead atoms. The summed E-state index contributed by atoms with van der Waals surface area (Å²) in [5.41, 5.74) is 7.65. The number of rotatable bonds is 3. The van der Waals surface area contributed by atoms with Crippen molar-refractivity contribution < 1.29 is 8.42 Å². The van der Waals surface area contributed by atoms with Gasteiger partial charge in [-0.05, 0) is 73.1 Å². The van der Waals surface area contributed by atoms with Crippen LogP contribution in [0.15, 0.2) is 47.4 Å². The number of sulfonamides is 1. The van der Waals surface area contributed by atoms with Gasteiger partial charge in [-0.2, -0.15) is 0 Å². The third-order valence-electron chi connectivity index (χ3n) is 4.46. The molecule has 2 N–H and O–H groups in total. The maximum Gasteiger partial charge on any atom is 0.238 e. The first-order valence-electron chi connectivity index (χ1n) is 7.79. The fourth-order valence-corrected chi connectivity index (χ4v) is 3.87. The van der Waals surface area contributed by atoms with Crippen LogP contribution in [0.5, 0.6) is 0 Å². The summed E-state index contributed by atoms with van der Waals surface area (Å²) < 4.78 is 22.8. The summed E-state index contributed by atoms with van der Waals surface area (Å²) in [5, 5.41) is 5.17. The largest absolute Gasteiger partial charge is 0.238 e. The quantitative estimate of drug-likeness (QED) is 0.924. The highest BCUT2D eigenvalue weighted by Crippen LogP contribution is 2.40. The lowest BCUT2D eigenvalue weighted by atomic mass is 9.93. The molecule has 1 aliphatic rings. The minimum Gasteiger partial charge on any atom is -0.225 e. The number of primary sulfonamides is 1. The van der Waals surface area contributed by atoms with E-state index < -0.39 is 10.0 Å². The summed E-state index contributed by atoms with van der Waals surface area (Å²) in [6.45, 7) is 4.25. The molecule has 0 heterocycles. The predicted molar refractivity (Wildman–Crippen MR) is 94.4 cm³/mol. The van der Waals surface area contributed by atoms with E-state index >= 15 is 0 Å². The van der Waals surface area contributed by atoms with Crippen molar-refractivity contribution in [1.82, 2.24) is 0 Å². The lowest BCUT2D eigenvalue weighted by Crippen LogP contribution is -2.11. The molecule has 3 rings (SSSR count). The van der Waals surface area contributed by atoms with Crippen LogP contribution in [0.2, 0.25) is 0 Å². The van der Waals surface area contributed by atoms with Crippen molar-refractivity contribution in [3.63, 3.8) is 0 Å². The average molecular weight is 327 g/mol. The fourth-order valence-electron chi connectivity index (χ4n) is 3.36. The maximum atomic E-state index is 11.4. The second-order valence-electron chi connectivity index (χ2n) is 6.20. The average Bonchev–Trinajstić information content (AvgIpc) is 2.95. The molecule has 3 nitrogen and oxygen atoms in total. The third kappa shape index (κ3) is 3.23. The molecule has 0 saturated heterocycles. The predicted octanol–water partition coefficient (Wildman–Crippen LogP) is 4.05. The van der Waals surface area contributed by atoms with Crippen molar-refractivity contribution in [3.8, 4) is 0 Å². The van der Waals surface area contributed by atoms with Crippen LogP contribution in [-0.4, -0.2) is 8.42 Å². The second-order valence-corrected chi connectivity index (χ2v) is 7.76. The minimum atomic E-state index is -3.64. The van der Waals surface area contributed by atoms with Crippen molar-refractivity contribution in [2.45, 2.75) is 38.0 Å². The lowest BCUT2D eigenvalue weighted by molar-refractivity contribution is 0.598. The molecule has 0 spiro atoms. The van der Waals surface area contributed by atoms with E-state index in [0.29, 0.717) is 0 Å². The van der Waals surface area contributed by atoms with Crippen LogP contribution in [0.4, 0.5) is 0 Å². The molecule has 0 amide bonds. The van der Waals surface area contributed by atoms with Crippen molar-refractivity contribution in [2.24, 2.45) is 5.14 Å². The minimum absolute atomic E-state index is 0.160. The Labute approximate surface area is 137 Å². The molecule has 23 heavy (non-hydrogen) atoms.